The van der Waals surface area contributed by atoms with Crippen molar-refractivity contribution in [3.63, 3.8) is 0 Å². The number of methoxy groups -OCH3 is 2. The van der Waals surface area contributed by atoms with Crippen LogP contribution in [0.5, 0.6) is 23.0 Å². The molecule has 14 nitrogen and oxygen atoms in total. The van der Waals surface area contributed by atoms with Crippen molar-refractivity contribution in [3.8, 4) is 28.7 Å². The highest BCUT2D eigenvalue weighted by molar-refractivity contribution is 5.80. The average Bonchev–Trinajstić information content (AvgIpc) is 3.55. The Morgan fingerprint density at radius 2 is 1.80 bits per heavy atom. The molecule has 4 aromatic rings. The maximum Gasteiger partial charge on any atom is 0.258 e. The lowest BCUT2D eigenvalue weighted by Crippen LogP contribution is -2.58. The highest BCUT2D eigenvalue weighted by Crippen LogP contribution is 2.30. The topological polar surface area (TPSA) is 159 Å². The molecule has 4 bridgehead atoms. The van der Waals surface area contributed by atoms with Crippen molar-refractivity contribution >= 4 is 17.7 Å². The van der Waals surface area contributed by atoms with E-state index in [1.807, 2.05) is 49.4 Å². The fraction of sp³-hybridized carbons (Fsp3) is 0.371. The third-order valence-corrected chi connectivity index (χ3v) is 8.66. The highest BCUT2D eigenvalue weighted by Gasteiger charge is 2.34. The molecule has 3 aliphatic rings. The van der Waals surface area contributed by atoms with E-state index in [4.69, 9.17) is 18.9 Å². The molecule has 2 atom stereocenters. The Morgan fingerprint density at radius 1 is 0.980 bits per heavy atom. The van der Waals surface area contributed by atoms with E-state index >= 15 is 0 Å². The molecule has 1 aromatic heterocycles. The zero-order chi connectivity index (χ0) is 34.3. The predicted molar refractivity (Wildman–Crippen MR) is 177 cm³/mol. The molecule has 0 aliphatic carbocycles. The molecule has 3 aliphatic heterocycles. The number of hydrogen-bond donors (Lipinski definition) is 2. The number of likely N-dealkylation sites (tertiary alicyclic amines) is 1. The van der Waals surface area contributed by atoms with Gasteiger partial charge in [-0.15, -0.1) is 5.10 Å². The van der Waals surface area contributed by atoms with Gasteiger partial charge in [0.15, 0.2) is 23.9 Å². The molecule has 3 amide bonds. The van der Waals surface area contributed by atoms with Crippen molar-refractivity contribution < 1.29 is 33.3 Å². The Bertz CT molecular complexity index is 1810. The zero-order valence-electron chi connectivity index (χ0n) is 27.7. The van der Waals surface area contributed by atoms with Gasteiger partial charge in [0.25, 0.3) is 5.91 Å². The van der Waals surface area contributed by atoms with Crippen molar-refractivity contribution in [2.24, 2.45) is 0 Å². The lowest BCUT2D eigenvalue weighted by molar-refractivity contribution is -0.135. The molecule has 256 valence electrons. The van der Waals surface area contributed by atoms with Crippen molar-refractivity contribution in [3.05, 3.63) is 83.2 Å². The van der Waals surface area contributed by atoms with Gasteiger partial charge in [-0.3, -0.25) is 14.4 Å². The minimum atomic E-state index is -0.528. The van der Waals surface area contributed by atoms with Crippen LogP contribution in [0.2, 0.25) is 0 Å². The molecule has 49 heavy (non-hydrogen) atoms. The van der Waals surface area contributed by atoms with E-state index in [0.29, 0.717) is 54.8 Å². The van der Waals surface area contributed by atoms with Crippen molar-refractivity contribution in [1.29, 1.82) is 0 Å². The second-order valence-corrected chi connectivity index (χ2v) is 12.0. The molecule has 2 N–H and O–H groups in total. The molecule has 1 saturated heterocycles. The third-order valence-electron chi connectivity index (χ3n) is 8.66. The Kier molecular flexibility index (Phi) is 10.2. The quantitative estimate of drug-likeness (QED) is 0.323. The van der Waals surface area contributed by atoms with Gasteiger partial charge in [0.05, 0.1) is 32.4 Å². The number of piperidine rings is 1. The molecule has 0 radical (unpaired) electrons. The first-order valence-electron chi connectivity index (χ1n) is 16.1. The minimum Gasteiger partial charge on any atom is -0.496 e. The fourth-order valence-electron chi connectivity index (χ4n) is 5.99. The summed E-state index contributed by atoms with van der Waals surface area (Å²) < 4.78 is 25.0. The molecular weight excluding hydrogens is 630 g/mol. The summed E-state index contributed by atoms with van der Waals surface area (Å²) in [5.74, 6) is 2.08. The first-order chi connectivity index (χ1) is 23.8. The monoisotopic (exact) mass is 669 g/mol. The van der Waals surface area contributed by atoms with E-state index in [-0.39, 0.29) is 43.7 Å². The number of ether oxygens (including phenoxy) is 4. The number of aryl methyl sites for hydroxylation is 2. The maximum absolute atomic E-state index is 13.5. The molecule has 14 heteroatoms. The van der Waals surface area contributed by atoms with E-state index in [2.05, 4.69) is 26.2 Å². The number of hydrogen-bond acceptors (Lipinski definition) is 10. The summed E-state index contributed by atoms with van der Waals surface area (Å²) in [4.78, 5) is 41.3. The predicted octanol–water partition coefficient (Wildman–Crippen LogP) is 2.34. The fourth-order valence-corrected chi connectivity index (χ4v) is 5.99. The Morgan fingerprint density at radius 3 is 2.55 bits per heavy atom. The molecular formula is C35H39N7O7. The molecule has 3 aromatic carbocycles. The summed E-state index contributed by atoms with van der Waals surface area (Å²) in [5, 5.41) is 17.6. The standard InChI is InChI=1S/C35H39N7O7/c1-22-38-39-40-42(22)26-9-4-24(5-10-26)17-35(45)41-15-14-29-28(20-41)37-34(44)21-48-32-16-23(6-12-30(32)46-2)7-13-33(43)36-19-25-8-11-27(49-29)18-31(25)47-3/h4-6,8-12,16,18,28-29H,7,13-15,17,19-21H2,1-3H3,(H,36,43)(H,37,44)/t28-,29+/m1/s1. The van der Waals surface area contributed by atoms with Crippen LogP contribution in [0.15, 0.2) is 60.7 Å². The smallest absolute Gasteiger partial charge is 0.258 e. The minimum absolute atomic E-state index is 0.0690. The van der Waals surface area contributed by atoms with Crippen molar-refractivity contribution in [1.82, 2.24) is 35.7 Å². The summed E-state index contributed by atoms with van der Waals surface area (Å²) in [6.45, 7) is 2.51. The number of aromatic nitrogens is 4. The first kappa shape index (κ1) is 33.2. The Labute approximate surface area is 283 Å². The van der Waals surface area contributed by atoms with Gasteiger partial charge in [-0.2, -0.15) is 4.68 Å². The van der Waals surface area contributed by atoms with Gasteiger partial charge in [0, 0.05) is 44.1 Å². The number of carbonyl (C=O) groups is 3. The van der Waals surface area contributed by atoms with Crippen LogP contribution < -0.4 is 29.6 Å². The van der Waals surface area contributed by atoms with Gasteiger partial charge in [-0.05, 0) is 71.3 Å². The third kappa shape index (κ3) is 8.08. The largest absolute Gasteiger partial charge is 0.496 e. The lowest BCUT2D eigenvalue weighted by atomic mass is 10.0. The molecule has 4 heterocycles. The summed E-state index contributed by atoms with van der Waals surface area (Å²) >= 11 is 0. The highest BCUT2D eigenvalue weighted by atomic mass is 16.5. The number of amides is 3. The van der Waals surface area contributed by atoms with Crippen LogP contribution in [0.4, 0.5) is 0 Å². The van der Waals surface area contributed by atoms with E-state index in [1.165, 1.54) is 7.11 Å². The second-order valence-electron chi connectivity index (χ2n) is 12.0. The summed E-state index contributed by atoms with van der Waals surface area (Å²) in [7, 11) is 3.09. The second kappa shape index (κ2) is 15.0. The molecule has 0 unspecified atom stereocenters. The van der Waals surface area contributed by atoms with Crippen LogP contribution in [-0.4, -0.2) is 88.9 Å². The van der Waals surface area contributed by atoms with Crippen molar-refractivity contribution in [2.75, 3.05) is 33.9 Å². The van der Waals surface area contributed by atoms with Crippen molar-refractivity contribution in [2.45, 2.75) is 51.3 Å². The molecule has 0 spiro atoms. The van der Waals surface area contributed by atoms with Gasteiger partial charge in [-0.1, -0.05) is 18.2 Å². The number of fused-ring (bicyclic) bond motifs is 9. The van der Waals surface area contributed by atoms with Crippen LogP contribution >= 0.6 is 0 Å². The number of nitrogens with one attached hydrogen (secondary N) is 2. The van der Waals surface area contributed by atoms with E-state index < -0.39 is 12.1 Å². The van der Waals surface area contributed by atoms with Crippen LogP contribution in [-0.2, 0) is 33.8 Å². The summed E-state index contributed by atoms with van der Waals surface area (Å²) in [6.07, 6.45) is 0.960. The molecule has 0 saturated carbocycles. The van der Waals surface area contributed by atoms with Gasteiger partial charge >= 0.3 is 0 Å². The van der Waals surface area contributed by atoms with Crippen LogP contribution in [0.1, 0.15) is 35.4 Å². The van der Waals surface area contributed by atoms with E-state index in [1.54, 1.807) is 34.9 Å². The number of tetrazole rings is 1. The summed E-state index contributed by atoms with van der Waals surface area (Å²) in [5.41, 5.74) is 3.30. The SMILES string of the molecule is COc1cc2ccc1CNC(=O)CCc1ccc(OC)c(c1)OCC(=O)N[C@@H]1CN(C(=O)Cc3ccc(-n4nnnc4C)cc3)CC[C@@H]1O2. The van der Waals surface area contributed by atoms with Crippen LogP contribution in [0, 0.1) is 6.92 Å². The first-order valence-corrected chi connectivity index (χ1v) is 16.1. The van der Waals surface area contributed by atoms with Gasteiger partial charge in [-0.25, -0.2) is 0 Å². The lowest BCUT2D eigenvalue weighted by Gasteiger charge is -2.39. The van der Waals surface area contributed by atoms with Crippen LogP contribution in [0.3, 0.4) is 0 Å². The molecule has 1 fully saturated rings. The van der Waals surface area contributed by atoms with Crippen LogP contribution in [0.25, 0.3) is 5.69 Å². The number of benzene rings is 3. The van der Waals surface area contributed by atoms with Gasteiger partial charge in [0.2, 0.25) is 11.8 Å². The average molecular weight is 670 g/mol. The van der Waals surface area contributed by atoms with Gasteiger partial charge in [0.1, 0.15) is 17.6 Å². The number of carbonyl (C=O) groups excluding carboxylic acids is 3. The normalized spacial score (nSPS) is 18.4. The van der Waals surface area contributed by atoms with E-state index in [9.17, 15) is 14.4 Å². The Hall–Kier alpha value is -5.66. The number of nitrogens with zero attached hydrogens (tertiary/aromatic N) is 5. The Balaban J connectivity index is 1.21. The van der Waals surface area contributed by atoms with E-state index in [0.717, 1.165) is 22.4 Å². The number of rotatable bonds is 5. The maximum atomic E-state index is 13.5. The zero-order valence-corrected chi connectivity index (χ0v) is 27.7. The van der Waals surface area contributed by atoms with Gasteiger partial charge < -0.3 is 34.5 Å². The molecule has 7 rings (SSSR count). The summed E-state index contributed by atoms with van der Waals surface area (Å²) in [6, 6.07) is 17.8.